The zero-order chi connectivity index (χ0) is 48.5. The maximum absolute atomic E-state index is 14.4. The maximum atomic E-state index is 14.4. The lowest BCUT2D eigenvalue weighted by molar-refractivity contribution is -0.153. The van der Waals surface area contributed by atoms with Crippen molar-refractivity contribution in [3.8, 4) is 5.75 Å². The molecule has 1 fully saturated rings. The second-order valence-corrected chi connectivity index (χ2v) is 17.5. The summed E-state index contributed by atoms with van der Waals surface area (Å²) in [6.07, 6.45) is 1.62. The number of carbonyl (C=O) groups is 5. The van der Waals surface area contributed by atoms with Gasteiger partial charge in [-0.05, 0) is 53.8 Å². The number of hydrazine groups is 1. The van der Waals surface area contributed by atoms with E-state index >= 15 is 0 Å². The number of thiazole rings is 1. The molecule has 356 valence electrons. The van der Waals surface area contributed by atoms with E-state index in [4.69, 9.17) is 28.8 Å². The first kappa shape index (κ1) is 47.8. The Morgan fingerprint density at radius 3 is 2.00 bits per heavy atom. The zero-order valence-electron chi connectivity index (χ0n) is 38.1. The summed E-state index contributed by atoms with van der Waals surface area (Å²) in [5.41, 5.74) is 2.73. The number of methoxy groups -OCH3 is 1. The molecule has 1 aromatic heterocycles. The summed E-state index contributed by atoms with van der Waals surface area (Å²) in [6, 6.07) is 34.7. The summed E-state index contributed by atoms with van der Waals surface area (Å²) in [7, 11) is 2.84. The smallest absolute Gasteiger partial charge is 0.429 e. The van der Waals surface area contributed by atoms with Crippen LogP contribution in [-0.2, 0) is 45.6 Å². The number of nitrogens with one attached hydrogen (secondary N) is 2. The average molecular weight is 972 g/mol. The predicted octanol–water partition coefficient (Wildman–Crippen LogP) is 7.07. The van der Waals surface area contributed by atoms with Gasteiger partial charge in [0.15, 0.2) is 10.8 Å². The third-order valence-electron chi connectivity index (χ3n) is 11.5. The first-order chi connectivity index (χ1) is 33.6. The van der Waals surface area contributed by atoms with Crippen molar-refractivity contribution in [1.29, 1.82) is 0 Å². The van der Waals surface area contributed by atoms with Gasteiger partial charge in [0.25, 0.3) is 11.8 Å². The molecule has 0 aliphatic carbocycles. The highest BCUT2D eigenvalue weighted by Crippen LogP contribution is 2.44. The van der Waals surface area contributed by atoms with Crippen molar-refractivity contribution in [2.45, 2.75) is 43.5 Å². The molecule has 1 saturated heterocycles. The van der Waals surface area contributed by atoms with Gasteiger partial charge in [-0.1, -0.05) is 120 Å². The fraction of sp³-hybridized carbons (Fsp3) is 0.260. The van der Waals surface area contributed by atoms with Gasteiger partial charge >= 0.3 is 18.2 Å². The largest absolute Gasteiger partial charge is 0.497 e. The van der Waals surface area contributed by atoms with Gasteiger partial charge in [0.1, 0.15) is 47.8 Å². The summed E-state index contributed by atoms with van der Waals surface area (Å²) in [5, 5.41) is 14.1. The first-order valence-corrected chi connectivity index (χ1v) is 23.9. The molecule has 5 aromatic rings. The number of hydrogen-bond donors (Lipinski definition) is 2. The number of thioether (sulfide) groups is 1. The van der Waals surface area contributed by atoms with Crippen molar-refractivity contribution < 1.29 is 47.8 Å². The van der Waals surface area contributed by atoms with E-state index in [1.54, 1.807) is 55.6 Å². The number of nitrogens with zero attached hydrogens (tertiary/aromatic N) is 5. The van der Waals surface area contributed by atoms with Crippen molar-refractivity contribution in [3.05, 3.63) is 172 Å². The molecule has 4 aromatic carbocycles. The number of ether oxygens (including phenoxy) is 4. The van der Waals surface area contributed by atoms with E-state index in [0.717, 1.165) is 26.7 Å². The topological polar surface area (TPSA) is 191 Å². The van der Waals surface area contributed by atoms with E-state index in [-0.39, 0.29) is 54.8 Å². The molecule has 3 atom stereocenters. The number of benzene rings is 4. The summed E-state index contributed by atoms with van der Waals surface area (Å²) in [4.78, 5) is 81.2. The minimum Gasteiger partial charge on any atom is -0.497 e. The maximum Gasteiger partial charge on any atom is 0.429 e. The monoisotopic (exact) mass is 971 g/mol. The van der Waals surface area contributed by atoms with Crippen molar-refractivity contribution in [2.24, 2.45) is 5.16 Å². The molecule has 3 aliphatic heterocycles. The number of aromatic nitrogens is 1. The number of fused-ring (bicyclic) bond motifs is 1. The number of anilines is 1. The molecular formula is C50H49N7O10S2. The average Bonchev–Trinajstić information content (AvgIpc) is 3.86. The molecule has 69 heavy (non-hydrogen) atoms. The van der Waals surface area contributed by atoms with Crippen LogP contribution in [0.2, 0.25) is 0 Å². The van der Waals surface area contributed by atoms with Gasteiger partial charge in [-0.2, -0.15) is 0 Å². The van der Waals surface area contributed by atoms with Crippen molar-refractivity contribution >= 4 is 63.9 Å². The highest BCUT2D eigenvalue weighted by atomic mass is 32.2. The van der Waals surface area contributed by atoms with Crippen LogP contribution >= 0.6 is 23.1 Å². The van der Waals surface area contributed by atoms with Crippen LogP contribution in [0.25, 0.3) is 0 Å². The van der Waals surface area contributed by atoms with Crippen LogP contribution in [0, 0.1) is 0 Å². The Balaban J connectivity index is 1.08. The summed E-state index contributed by atoms with van der Waals surface area (Å²) < 4.78 is 21.8. The van der Waals surface area contributed by atoms with E-state index < -0.39 is 53.0 Å². The van der Waals surface area contributed by atoms with Crippen LogP contribution in [0.15, 0.2) is 149 Å². The molecule has 3 aliphatic rings. The Bertz CT molecular complexity index is 2660. The third kappa shape index (κ3) is 9.73. The lowest BCUT2D eigenvalue weighted by Crippen LogP contribution is -2.71. The van der Waals surface area contributed by atoms with Gasteiger partial charge in [-0.15, -0.1) is 23.1 Å². The summed E-state index contributed by atoms with van der Waals surface area (Å²) >= 11 is 2.51. The highest BCUT2D eigenvalue weighted by Gasteiger charge is 2.56. The van der Waals surface area contributed by atoms with Crippen molar-refractivity contribution in [3.63, 3.8) is 0 Å². The van der Waals surface area contributed by atoms with Crippen LogP contribution in [0.1, 0.15) is 41.8 Å². The van der Waals surface area contributed by atoms with Crippen LogP contribution < -0.4 is 15.4 Å². The number of rotatable bonds is 16. The predicted molar refractivity (Wildman–Crippen MR) is 259 cm³/mol. The van der Waals surface area contributed by atoms with Crippen LogP contribution in [0.3, 0.4) is 0 Å². The van der Waals surface area contributed by atoms with Crippen LogP contribution in [-0.4, -0.2) is 113 Å². The molecule has 2 N–H and O–H groups in total. The van der Waals surface area contributed by atoms with Gasteiger partial charge in [0.05, 0.1) is 32.9 Å². The second kappa shape index (κ2) is 21.5. The van der Waals surface area contributed by atoms with E-state index in [9.17, 15) is 24.0 Å². The van der Waals surface area contributed by atoms with Gasteiger partial charge < -0.3 is 34.4 Å². The summed E-state index contributed by atoms with van der Waals surface area (Å²) in [6.45, 7) is 3.09. The van der Waals surface area contributed by atoms with E-state index in [2.05, 4.69) is 15.8 Å². The van der Waals surface area contributed by atoms with E-state index in [1.807, 2.05) is 91.0 Å². The molecule has 0 spiro atoms. The number of carbonyl (C=O) groups excluding carboxylic acids is 5. The second-order valence-electron chi connectivity index (χ2n) is 15.5. The van der Waals surface area contributed by atoms with Crippen molar-refractivity contribution in [1.82, 2.24) is 25.2 Å². The van der Waals surface area contributed by atoms with E-state index in [0.29, 0.717) is 16.4 Å². The van der Waals surface area contributed by atoms with Crippen LogP contribution in [0.4, 0.5) is 14.7 Å². The number of oxime groups is 1. The molecule has 19 heteroatoms. The Kier molecular flexibility index (Phi) is 14.9. The first-order valence-electron chi connectivity index (χ1n) is 22.0. The number of hydrogen-bond acceptors (Lipinski definition) is 15. The summed E-state index contributed by atoms with van der Waals surface area (Å²) in [5.74, 6) is -1.56. The van der Waals surface area contributed by atoms with Gasteiger partial charge in [0.2, 0.25) is 0 Å². The van der Waals surface area contributed by atoms with Gasteiger partial charge in [-0.3, -0.25) is 14.5 Å². The Morgan fingerprint density at radius 2 is 1.42 bits per heavy atom. The molecular weight excluding hydrogens is 923 g/mol. The Labute approximate surface area is 406 Å². The lowest BCUT2D eigenvalue weighted by atomic mass is 9.77. The van der Waals surface area contributed by atoms with Crippen molar-refractivity contribution in [2.75, 3.05) is 45.0 Å². The SMILES string of the molecule is CCOC(=O)N1CC=CC(C2=C(C(=O)OCc3ccc(OC)cc3)N3C(=O)[C@@H](NC(=O)/C(=N\OC)c4csc(NC(c5ccccc5)(c5ccccc5)c5ccccc5)n4)[C@@H]3SC2)N1C(=O)OCC. The van der Waals surface area contributed by atoms with Gasteiger partial charge in [-0.25, -0.2) is 29.4 Å². The molecule has 1 unspecified atom stereocenters. The normalized spacial score (nSPS) is 17.9. The molecule has 4 heterocycles. The lowest BCUT2D eigenvalue weighted by Gasteiger charge is -2.51. The Hall–Kier alpha value is -7.64. The number of amides is 4. The highest BCUT2D eigenvalue weighted by molar-refractivity contribution is 8.00. The molecule has 0 saturated carbocycles. The standard InChI is InChI=1S/C50H49N7O10S2/c1-5-65-48(61)55-28-16-23-39(57(55)49(62)66-6-2)37-30-68-45-41(44(59)56(45)42(37)46(60)67-29-32-24-26-36(63-3)27-25-32)52-43(58)40(54-64-4)38-31-69-47(51-38)53-50(33-17-10-7-11-18-33,34-19-12-8-13-20-34)35-21-14-9-15-22-35/h7-27,31,39,41,45H,5-6,28-30H2,1-4H3,(H,51,53)(H,52,58)/b54-40-/t39?,41-,45+/m1/s1. The quantitative estimate of drug-likeness (QED) is 0.0194. The molecule has 0 radical (unpaired) electrons. The minimum absolute atomic E-state index is 0.00994. The fourth-order valence-electron chi connectivity index (χ4n) is 8.32. The zero-order valence-corrected chi connectivity index (χ0v) is 39.7. The van der Waals surface area contributed by atoms with E-state index in [1.165, 1.54) is 42.2 Å². The third-order valence-corrected chi connectivity index (χ3v) is 13.5. The number of esters is 1. The minimum atomic E-state index is -1.13. The Morgan fingerprint density at radius 1 is 0.812 bits per heavy atom. The molecule has 17 nitrogen and oxygen atoms in total. The van der Waals surface area contributed by atoms with Crippen LogP contribution in [0.5, 0.6) is 5.75 Å². The molecule has 4 amide bonds. The molecule has 0 bridgehead atoms. The molecule has 8 rings (SSSR count). The fourth-order valence-corrected chi connectivity index (χ4v) is 10.5. The number of β-lactam (4-membered cyclic amide) rings is 1. The van der Waals surface area contributed by atoms with Gasteiger partial charge in [0, 0.05) is 11.1 Å².